The molecule has 3 heteroatoms. The van der Waals surface area contributed by atoms with Crippen LogP contribution >= 0.6 is 0 Å². The van der Waals surface area contributed by atoms with Crippen molar-refractivity contribution >= 4 is 28.4 Å². The van der Waals surface area contributed by atoms with Gasteiger partial charge in [0.05, 0.1) is 5.57 Å². The fraction of sp³-hybridized carbons (Fsp3) is 0.0526. The van der Waals surface area contributed by atoms with Crippen LogP contribution in [0.25, 0.3) is 16.8 Å². The van der Waals surface area contributed by atoms with E-state index in [1.54, 1.807) is 6.08 Å². The highest BCUT2D eigenvalue weighted by atomic mass is 16.2. The molecule has 0 unspecified atom stereocenters. The minimum Gasteiger partial charge on any atom is -0.351 e. The molecule has 0 bridgehead atoms. The van der Waals surface area contributed by atoms with Crippen molar-refractivity contribution in [2.24, 2.45) is 7.05 Å². The molecule has 4 rings (SSSR count). The second-order valence-corrected chi connectivity index (χ2v) is 5.51. The molecule has 3 aromatic rings. The van der Waals surface area contributed by atoms with Crippen molar-refractivity contribution in [2.45, 2.75) is 0 Å². The summed E-state index contributed by atoms with van der Waals surface area (Å²) in [6, 6.07) is 15.2. The Hall–Kier alpha value is -2.94. The molecule has 0 atom stereocenters. The van der Waals surface area contributed by atoms with Crippen LogP contribution in [0.2, 0.25) is 0 Å². The number of fused-ring (bicyclic) bond motifs is 2. The smallest absolute Gasteiger partial charge is 0.197 e. The van der Waals surface area contributed by atoms with Crippen LogP contribution in [0, 0.1) is 0 Å². The van der Waals surface area contributed by atoms with Gasteiger partial charge >= 0.3 is 0 Å². The van der Waals surface area contributed by atoms with E-state index in [0.29, 0.717) is 11.1 Å². The van der Waals surface area contributed by atoms with Crippen LogP contribution in [0.5, 0.6) is 0 Å². The normalized spacial score (nSPS) is 13.8. The van der Waals surface area contributed by atoms with Crippen molar-refractivity contribution in [2.75, 3.05) is 0 Å². The second-order valence-electron chi connectivity index (χ2n) is 5.51. The molecule has 3 nitrogen and oxygen atoms in total. The number of nitrogens with zero attached hydrogens (tertiary/aromatic N) is 1. The minimum absolute atomic E-state index is 0.188. The summed E-state index contributed by atoms with van der Waals surface area (Å²) in [7, 11) is 1.89. The summed E-state index contributed by atoms with van der Waals surface area (Å²) < 4.78 is 1.88. The summed E-state index contributed by atoms with van der Waals surface area (Å²) >= 11 is 0. The Kier molecular flexibility index (Phi) is 2.63. The van der Waals surface area contributed by atoms with Gasteiger partial charge in [0.15, 0.2) is 11.6 Å². The minimum atomic E-state index is -0.188. The van der Waals surface area contributed by atoms with Gasteiger partial charge in [-0.2, -0.15) is 0 Å². The zero-order valence-electron chi connectivity index (χ0n) is 12.0. The first-order chi connectivity index (χ1) is 10.6. The van der Waals surface area contributed by atoms with E-state index >= 15 is 0 Å². The van der Waals surface area contributed by atoms with Crippen LogP contribution in [-0.2, 0) is 7.05 Å². The molecule has 1 heterocycles. The zero-order chi connectivity index (χ0) is 15.3. The molecule has 0 aliphatic heterocycles. The van der Waals surface area contributed by atoms with Crippen LogP contribution in [0.4, 0.5) is 0 Å². The van der Waals surface area contributed by atoms with Crippen molar-refractivity contribution in [3.63, 3.8) is 0 Å². The highest BCUT2D eigenvalue weighted by molar-refractivity contribution is 6.42. The standard InChI is InChI=1S/C19H13NO2/c1-20-8-4-7-14(20)11-17-18(21)15-9-12-5-2-3-6-13(12)10-16(15)19(17)22/h2-11H,1H3. The van der Waals surface area contributed by atoms with Crippen molar-refractivity contribution < 1.29 is 9.59 Å². The Morgan fingerprint density at radius 1 is 0.864 bits per heavy atom. The number of carbonyl (C=O) groups is 2. The molecule has 0 spiro atoms. The van der Waals surface area contributed by atoms with Crippen LogP contribution < -0.4 is 0 Å². The van der Waals surface area contributed by atoms with E-state index in [1.807, 2.05) is 66.3 Å². The van der Waals surface area contributed by atoms with E-state index in [1.165, 1.54) is 0 Å². The van der Waals surface area contributed by atoms with Gasteiger partial charge in [-0.05, 0) is 41.1 Å². The number of carbonyl (C=O) groups excluding carboxylic acids is 2. The van der Waals surface area contributed by atoms with Gasteiger partial charge in [-0.15, -0.1) is 0 Å². The van der Waals surface area contributed by atoms with Crippen LogP contribution in [0.3, 0.4) is 0 Å². The number of hydrogen-bond acceptors (Lipinski definition) is 2. The molecule has 2 aromatic carbocycles. The summed E-state index contributed by atoms with van der Waals surface area (Å²) in [5, 5.41) is 1.95. The van der Waals surface area contributed by atoms with Crippen LogP contribution in [-0.4, -0.2) is 16.1 Å². The van der Waals surface area contributed by atoms with Gasteiger partial charge in [-0.25, -0.2) is 0 Å². The molecular weight excluding hydrogens is 274 g/mol. The van der Waals surface area contributed by atoms with Gasteiger partial charge in [0, 0.05) is 30.1 Å². The van der Waals surface area contributed by atoms with E-state index < -0.39 is 0 Å². The average molecular weight is 287 g/mol. The Bertz CT molecular complexity index is 920. The maximum Gasteiger partial charge on any atom is 0.197 e. The molecule has 22 heavy (non-hydrogen) atoms. The highest BCUT2D eigenvalue weighted by Crippen LogP contribution is 2.31. The lowest BCUT2D eigenvalue weighted by Crippen LogP contribution is -2.01. The zero-order valence-corrected chi connectivity index (χ0v) is 12.0. The SMILES string of the molecule is Cn1cccc1C=C1C(=O)c2cc3ccccc3cc2C1=O. The lowest BCUT2D eigenvalue weighted by molar-refractivity contribution is 0.0990. The van der Waals surface area contributed by atoms with E-state index in [2.05, 4.69) is 0 Å². The molecule has 0 amide bonds. The maximum atomic E-state index is 12.6. The first-order valence-electron chi connectivity index (χ1n) is 7.10. The van der Waals surface area contributed by atoms with Crippen LogP contribution in [0.1, 0.15) is 26.4 Å². The Morgan fingerprint density at radius 3 is 1.95 bits per heavy atom. The first kappa shape index (κ1) is 12.8. The average Bonchev–Trinajstić information content (AvgIpc) is 3.03. The van der Waals surface area contributed by atoms with Crippen molar-refractivity contribution in [3.05, 3.63) is 77.1 Å². The highest BCUT2D eigenvalue weighted by Gasteiger charge is 2.33. The summed E-state index contributed by atoms with van der Waals surface area (Å²) in [6.07, 6.45) is 3.56. The predicted octanol–water partition coefficient (Wildman–Crippen LogP) is 3.64. The lowest BCUT2D eigenvalue weighted by atomic mass is 10.0. The number of allylic oxidation sites excluding steroid dienone is 1. The molecule has 0 saturated carbocycles. The largest absolute Gasteiger partial charge is 0.351 e. The number of hydrogen-bond donors (Lipinski definition) is 0. The molecule has 1 aliphatic carbocycles. The third kappa shape index (κ3) is 1.76. The van der Waals surface area contributed by atoms with E-state index in [-0.39, 0.29) is 17.1 Å². The molecular formula is C19H13NO2. The van der Waals surface area contributed by atoms with Crippen molar-refractivity contribution in [1.29, 1.82) is 0 Å². The summed E-state index contributed by atoms with van der Waals surface area (Å²) in [5.74, 6) is -0.376. The third-order valence-electron chi connectivity index (χ3n) is 4.14. The number of ketones is 2. The molecule has 0 fully saturated rings. The summed E-state index contributed by atoms with van der Waals surface area (Å²) in [4.78, 5) is 25.2. The number of aryl methyl sites for hydroxylation is 1. The summed E-state index contributed by atoms with van der Waals surface area (Å²) in [5.41, 5.74) is 2.09. The lowest BCUT2D eigenvalue weighted by Gasteiger charge is -2.00. The van der Waals surface area contributed by atoms with Gasteiger partial charge in [0.1, 0.15) is 0 Å². The molecule has 106 valence electrons. The van der Waals surface area contributed by atoms with E-state index in [0.717, 1.165) is 16.5 Å². The predicted molar refractivity (Wildman–Crippen MR) is 86.0 cm³/mol. The molecule has 0 radical (unpaired) electrons. The molecule has 0 saturated heterocycles. The van der Waals surface area contributed by atoms with Gasteiger partial charge in [0.2, 0.25) is 0 Å². The van der Waals surface area contributed by atoms with Gasteiger partial charge in [-0.1, -0.05) is 24.3 Å². The van der Waals surface area contributed by atoms with E-state index in [4.69, 9.17) is 0 Å². The quantitative estimate of drug-likeness (QED) is 0.506. The van der Waals surface area contributed by atoms with Crippen molar-refractivity contribution in [1.82, 2.24) is 4.57 Å². The maximum absolute atomic E-state index is 12.6. The van der Waals surface area contributed by atoms with Gasteiger partial charge < -0.3 is 4.57 Å². The molecule has 1 aromatic heterocycles. The summed E-state index contributed by atoms with van der Waals surface area (Å²) in [6.45, 7) is 0. The number of Topliss-reactive ketones (excluding diaryl/α,β-unsaturated/α-hetero) is 2. The monoisotopic (exact) mass is 287 g/mol. The van der Waals surface area contributed by atoms with Crippen LogP contribution in [0.15, 0.2) is 60.3 Å². The van der Waals surface area contributed by atoms with Crippen molar-refractivity contribution in [3.8, 4) is 0 Å². The number of benzene rings is 2. The number of aromatic nitrogens is 1. The fourth-order valence-electron chi connectivity index (χ4n) is 2.91. The second kappa shape index (κ2) is 4.53. The Labute approximate surface area is 127 Å². The third-order valence-corrected chi connectivity index (χ3v) is 4.14. The van der Waals surface area contributed by atoms with Gasteiger partial charge in [0.25, 0.3) is 0 Å². The topological polar surface area (TPSA) is 39.1 Å². The number of rotatable bonds is 1. The fourth-order valence-corrected chi connectivity index (χ4v) is 2.91. The molecule has 1 aliphatic rings. The first-order valence-corrected chi connectivity index (χ1v) is 7.10. The Balaban J connectivity index is 1.91. The van der Waals surface area contributed by atoms with E-state index in [9.17, 15) is 9.59 Å². The molecule has 0 N–H and O–H groups in total. The van der Waals surface area contributed by atoms with Gasteiger partial charge in [-0.3, -0.25) is 9.59 Å². The Morgan fingerprint density at radius 2 is 1.45 bits per heavy atom.